The maximum absolute atomic E-state index is 13.3. The number of aromatic nitrogens is 2. The minimum Gasteiger partial charge on any atom is -0.493 e. The summed E-state index contributed by atoms with van der Waals surface area (Å²) in [6.07, 6.45) is 0.786. The molecule has 8 nitrogen and oxygen atoms in total. The molecule has 0 fully saturated rings. The molecule has 1 heterocycles. The van der Waals surface area contributed by atoms with E-state index >= 15 is 0 Å². The van der Waals surface area contributed by atoms with Crippen molar-refractivity contribution in [2.24, 2.45) is 0 Å². The molecule has 38 heavy (non-hydrogen) atoms. The van der Waals surface area contributed by atoms with Crippen LogP contribution < -0.4 is 24.3 Å². The number of para-hydroxylation sites is 3. The Morgan fingerprint density at radius 2 is 1.58 bits per heavy atom. The smallest absolute Gasteiger partial charge is 0.252 e. The predicted octanol–water partition coefficient (Wildman–Crippen LogP) is 5.64. The lowest BCUT2D eigenvalue weighted by Crippen LogP contribution is -2.29. The molecule has 0 spiro atoms. The van der Waals surface area contributed by atoms with Gasteiger partial charge in [-0.05, 0) is 62.6 Å². The number of rotatable bonds is 11. The monoisotopic (exact) mass is 517 g/mol. The largest absolute Gasteiger partial charge is 0.493 e. The SMILES string of the molecule is COc1cc(C(=O)NC(C)c2nc3ccccc3n2CCCOc2c(C)cccc2C)cc(OC)c1OC. The molecule has 0 saturated carbocycles. The fourth-order valence-corrected chi connectivity index (χ4v) is 4.64. The molecule has 1 amide bonds. The maximum atomic E-state index is 13.3. The molecule has 0 radical (unpaired) electrons. The highest BCUT2D eigenvalue weighted by Crippen LogP contribution is 2.38. The van der Waals surface area contributed by atoms with Gasteiger partial charge in [-0.15, -0.1) is 0 Å². The lowest BCUT2D eigenvalue weighted by molar-refractivity contribution is 0.0936. The minimum absolute atomic E-state index is 0.270. The summed E-state index contributed by atoms with van der Waals surface area (Å²) in [5, 5.41) is 3.08. The van der Waals surface area contributed by atoms with Crippen molar-refractivity contribution in [3.63, 3.8) is 0 Å². The quantitative estimate of drug-likeness (QED) is 0.259. The van der Waals surface area contributed by atoms with Crippen LogP contribution in [0.1, 0.15) is 46.7 Å². The van der Waals surface area contributed by atoms with Gasteiger partial charge >= 0.3 is 0 Å². The zero-order valence-corrected chi connectivity index (χ0v) is 22.8. The molecular weight excluding hydrogens is 482 g/mol. The number of hydrogen-bond donors (Lipinski definition) is 1. The summed E-state index contributed by atoms with van der Waals surface area (Å²) >= 11 is 0. The van der Waals surface area contributed by atoms with Crippen molar-refractivity contribution in [1.29, 1.82) is 0 Å². The molecule has 1 aromatic heterocycles. The van der Waals surface area contributed by atoms with E-state index in [0.29, 0.717) is 36.0 Å². The Labute approximate surface area is 223 Å². The molecule has 4 aromatic rings. The Morgan fingerprint density at radius 3 is 2.21 bits per heavy atom. The Bertz CT molecular complexity index is 1380. The normalized spacial score (nSPS) is 11.7. The number of carbonyl (C=O) groups is 1. The molecule has 0 aliphatic carbocycles. The van der Waals surface area contributed by atoms with Crippen LogP contribution in [-0.2, 0) is 6.54 Å². The summed E-state index contributed by atoms with van der Waals surface area (Å²) < 4.78 is 24.5. The Kier molecular flexibility index (Phi) is 8.41. The van der Waals surface area contributed by atoms with Crippen molar-refractivity contribution >= 4 is 16.9 Å². The summed E-state index contributed by atoms with van der Waals surface area (Å²) in [5.74, 6) is 2.72. The van der Waals surface area contributed by atoms with Gasteiger partial charge in [0, 0.05) is 12.1 Å². The molecule has 200 valence electrons. The summed E-state index contributed by atoms with van der Waals surface area (Å²) in [6, 6.07) is 17.1. The molecule has 4 rings (SSSR count). The zero-order valence-electron chi connectivity index (χ0n) is 22.8. The number of imidazole rings is 1. The first kappa shape index (κ1) is 26.9. The van der Waals surface area contributed by atoms with E-state index in [-0.39, 0.29) is 11.9 Å². The van der Waals surface area contributed by atoms with E-state index in [2.05, 4.69) is 35.9 Å². The molecular formula is C30H35N3O5. The van der Waals surface area contributed by atoms with Gasteiger partial charge in [0.2, 0.25) is 5.75 Å². The number of nitrogens with zero attached hydrogens (tertiary/aromatic N) is 2. The predicted molar refractivity (Wildman–Crippen MR) is 148 cm³/mol. The highest BCUT2D eigenvalue weighted by Gasteiger charge is 2.22. The number of ether oxygens (including phenoxy) is 4. The standard InChI is InChI=1S/C30H35N3O5/c1-19-11-9-12-20(2)27(19)38-16-10-15-33-24-14-8-7-13-23(24)32-29(33)21(3)31-30(34)22-17-25(35-4)28(37-6)26(18-22)36-5/h7-9,11-14,17-18,21H,10,15-16H2,1-6H3,(H,31,34). The van der Waals surface area contributed by atoms with Crippen LogP contribution >= 0.6 is 0 Å². The van der Waals surface area contributed by atoms with Gasteiger partial charge in [0.1, 0.15) is 11.6 Å². The average Bonchev–Trinajstić information content (AvgIpc) is 3.30. The third-order valence-electron chi connectivity index (χ3n) is 6.53. The van der Waals surface area contributed by atoms with Crippen LogP contribution in [0.15, 0.2) is 54.6 Å². The number of aryl methyl sites for hydroxylation is 3. The van der Waals surface area contributed by atoms with Crippen LogP contribution in [0.3, 0.4) is 0 Å². The third-order valence-corrected chi connectivity index (χ3v) is 6.53. The van der Waals surface area contributed by atoms with Crippen molar-refractivity contribution in [3.05, 3.63) is 77.1 Å². The summed E-state index contributed by atoms with van der Waals surface area (Å²) in [6.45, 7) is 7.32. The van der Waals surface area contributed by atoms with E-state index in [1.165, 1.54) is 21.3 Å². The summed E-state index contributed by atoms with van der Waals surface area (Å²) in [4.78, 5) is 18.1. The second-order valence-corrected chi connectivity index (χ2v) is 9.14. The number of hydrogen-bond acceptors (Lipinski definition) is 6. The first-order chi connectivity index (χ1) is 18.4. The van der Waals surface area contributed by atoms with E-state index in [4.69, 9.17) is 23.9 Å². The zero-order chi connectivity index (χ0) is 27.2. The van der Waals surface area contributed by atoms with Crippen LogP contribution in [-0.4, -0.2) is 43.4 Å². The van der Waals surface area contributed by atoms with Crippen molar-refractivity contribution in [2.75, 3.05) is 27.9 Å². The lowest BCUT2D eigenvalue weighted by atomic mass is 10.1. The molecule has 0 saturated heterocycles. The van der Waals surface area contributed by atoms with Gasteiger partial charge in [-0.2, -0.15) is 0 Å². The van der Waals surface area contributed by atoms with Gasteiger partial charge in [0.15, 0.2) is 11.5 Å². The maximum Gasteiger partial charge on any atom is 0.252 e. The molecule has 1 N–H and O–H groups in total. The van der Waals surface area contributed by atoms with Gasteiger partial charge in [-0.3, -0.25) is 4.79 Å². The van der Waals surface area contributed by atoms with E-state index < -0.39 is 0 Å². The Balaban J connectivity index is 1.53. The Morgan fingerprint density at radius 1 is 0.921 bits per heavy atom. The highest BCUT2D eigenvalue weighted by molar-refractivity contribution is 5.96. The van der Waals surface area contributed by atoms with E-state index in [1.807, 2.05) is 37.3 Å². The van der Waals surface area contributed by atoms with Crippen molar-refractivity contribution in [3.8, 4) is 23.0 Å². The summed E-state index contributed by atoms with van der Waals surface area (Å²) in [7, 11) is 4.57. The molecule has 1 atom stereocenters. The molecule has 1 unspecified atom stereocenters. The van der Waals surface area contributed by atoms with Crippen LogP contribution in [0.25, 0.3) is 11.0 Å². The van der Waals surface area contributed by atoms with Crippen LogP contribution in [0.5, 0.6) is 23.0 Å². The first-order valence-corrected chi connectivity index (χ1v) is 12.6. The van der Waals surface area contributed by atoms with E-state index in [0.717, 1.165) is 40.2 Å². The third kappa shape index (κ3) is 5.54. The molecule has 8 heteroatoms. The van der Waals surface area contributed by atoms with Crippen LogP contribution in [0, 0.1) is 13.8 Å². The fourth-order valence-electron chi connectivity index (χ4n) is 4.64. The van der Waals surface area contributed by atoms with Gasteiger partial charge in [0.05, 0.1) is 45.0 Å². The number of methoxy groups -OCH3 is 3. The van der Waals surface area contributed by atoms with Gasteiger partial charge in [-0.1, -0.05) is 30.3 Å². The average molecular weight is 518 g/mol. The van der Waals surface area contributed by atoms with Gasteiger partial charge in [-0.25, -0.2) is 4.98 Å². The molecule has 3 aromatic carbocycles. The number of fused-ring (bicyclic) bond motifs is 1. The highest BCUT2D eigenvalue weighted by atomic mass is 16.5. The number of nitrogens with one attached hydrogen (secondary N) is 1. The van der Waals surface area contributed by atoms with Crippen LogP contribution in [0.2, 0.25) is 0 Å². The number of benzene rings is 3. The molecule has 0 aliphatic heterocycles. The second-order valence-electron chi connectivity index (χ2n) is 9.14. The van der Waals surface area contributed by atoms with Gasteiger partial charge < -0.3 is 28.8 Å². The minimum atomic E-state index is -0.353. The summed E-state index contributed by atoms with van der Waals surface area (Å²) in [5.41, 5.74) is 4.55. The van der Waals surface area contributed by atoms with E-state index in [1.54, 1.807) is 12.1 Å². The van der Waals surface area contributed by atoms with Gasteiger partial charge in [0.25, 0.3) is 5.91 Å². The lowest BCUT2D eigenvalue weighted by Gasteiger charge is -2.18. The first-order valence-electron chi connectivity index (χ1n) is 12.6. The molecule has 0 aliphatic rings. The second kappa shape index (κ2) is 11.9. The Hall–Kier alpha value is -4.20. The van der Waals surface area contributed by atoms with Crippen molar-refractivity contribution in [1.82, 2.24) is 14.9 Å². The number of amides is 1. The fraction of sp³-hybridized carbons (Fsp3) is 0.333. The topological polar surface area (TPSA) is 83.8 Å². The van der Waals surface area contributed by atoms with Crippen molar-refractivity contribution in [2.45, 2.75) is 39.8 Å². The van der Waals surface area contributed by atoms with Crippen LogP contribution in [0.4, 0.5) is 0 Å². The number of carbonyl (C=O) groups excluding carboxylic acids is 1. The van der Waals surface area contributed by atoms with Crippen molar-refractivity contribution < 1.29 is 23.7 Å². The molecule has 0 bridgehead atoms. The van der Waals surface area contributed by atoms with E-state index in [9.17, 15) is 4.79 Å².